The first-order valence-electron chi connectivity index (χ1n) is 6.07. The van der Waals surface area contributed by atoms with E-state index in [1.54, 1.807) is 0 Å². The highest BCUT2D eigenvalue weighted by molar-refractivity contribution is 7.15. The van der Waals surface area contributed by atoms with E-state index in [0.29, 0.717) is 10.8 Å². The van der Waals surface area contributed by atoms with E-state index < -0.39 is 6.67 Å². The van der Waals surface area contributed by atoms with E-state index in [1.807, 2.05) is 30.3 Å². The van der Waals surface area contributed by atoms with Crippen LogP contribution in [0.25, 0.3) is 10.4 Å². The van der Waals surface area contributed by atoms with E-state index in [0.717, 1.165) is 28.9 Å². The lowest BCUT2D eigenvalue weighted by Crippen LogP contribution is -2.00. The molecule has 1 aromatic carbocycles. The van der Waals surface area contributed by atoms with E-state index in [9.17, 15) is 9.50 Å². The second kappa shape index (κ2) is 5.01. The minimum absolute atomic E-state index is 0.160. The Labute approximate surface area is 114 Å². The van der Waals surface area contributed by atoms with Gasteiger partial charge < -0.3 is 10.4 Å². The maximum Gasteiger partial charge on any atom is 0.188 e. The summed E-state index contributed by atoms with van der Waals surface area (Å²) in [6, 6.07) is 9.67. The van der Waals surface area contributed by atoms with Gasteiger partial charge >= 0.3 is 0 Å². The summed E-state index contributed by atoms with van der Waals surface area (Å²) in [6.07, 6.45) is 1.83. The van der Waals surface area contributed by atoms with Gasteiger partial charge in [0.1, 0.15) is 11.7 Å². The summed E-state index contributed by atoms with van der Waals surface area (Å²) in [7, 11) is 0. The Bertz CT molecular complexity index is 616. The van der Waals surface area contributed by atoms with Crippen LogP contribution in [-0.2, 0) is 6.67 Å². The van der Waals surface area contributed by atoms with Gasteiger partial charge in [0.2, 0.25) is 0 Å². The van der Waals surface area contributed by atoms with Gasteiger partial charge in [0.25, 0.3) is 0 Å². The first-order chi connectivity index (χ1) is 9.28. The summed E-state index contributed by atoms with van der Waals surface area (Å²) < 4.78 is 12.8. The molecule has 1 fully saturated rings. The molecular formula is C14H13FN2OS. The molecular weight excluding hydrogens is 263 g/mol. The van der Waals surface area contributed by atoms with Crippen molar-refractivity contribution in [3.8, 4) is 10.4 Å². The van der Waals surface area contributed by atoms with Gasteiger partial charge in [0, 0.05) is 0 Å². The number of nitrogens with zero attached hydrogens (tertiary/aromatic N) is 1. The summed E-state index contributed by atoms with van der Waals surface area (Å²) in [4.78, 5) is 5.04. The molecule has 0 spiro atoms. The topological polar surface area (TPSA) is 45.1 Å². The molecule has 5 heteroatoms. The summed E-state index contributed by atoms with van der Waals surface area (Å²) in [6.45, 7) is -0.594. The van der Waals surface area contributed by atoms with Crippen LogP contribution in [0.4, 0.5) is 10.2 Å². The van der Waals surface area contributed by atoms with Crippen molar-refractivity contribution in [3.63, 3.8) is 0 Å². The Morgan fingerprint density at radius 1 is 1.32 bits per heavy atom. The van der Waals surface area contributed by atoms with Crippen LogP contribution >= 0.6 is 11.3 Å². The number of benzene rings is 1. The minimum Gasteiger partial charge on any atom is -0.495 e. The molecule has 0 aliphatic heterocycles. The lowest BCUT2D eigenvalue weighted by molar-refractivity contribution is 0.416. The number of hydrogen-bond acceptors (Lipinski definition) is 4. The van der Waals surface area contributed by atoms with Crippen LogP contribution in [0.5, 0.6) is 0 Å². The molecule has 98 valence electrons. The van der Waals surface area contributed by atoms with Crippen molar-refractivity contribution in [2.24, 2.45) is 0 Å². The number of aromatic nitrogens is 1. The van der Waals surface area contributed by atoms with Gasteiger partial charge in [-0.3, -0.25) is 0 Å². The molecule has 2 aromatic rings. The number of anilines is 1. The lowest BCUT2D eigenvalue weighted by atomic mass is 10.2. The minimum atomic E-state index is -0.594. The van der Waals surface area contributed by atoms with Crippen LogP contribution in [0, 0.1) is 0 Å². The van der Waals surface area contributed by atoms with Crippen molar-refractivity contribution in [2.75, 3.05) is 5.32 Å². The second-order valence-electron chi connectivity index (χ2n) is 4.36. The number of rotatable bonds is 4. The summed E-state index contributed by atoms with van der Waals surface area (Å²) in [5, 5.41) is 13.1. The molecule has 0 atom stereocenters. The van der Waals surface area contributed by atoms with Crippen LogP contribution in [0.1, 0.15) is 17.8 Å². The Kier molecular flexibility index (Phi) is 3.21. The highest BCUT2D eigenvalue weighted by Gasteiger charge is 2.20. The van der Waals surface area contributed by atoms with E-state index in [1.165, 1.54) is 11.3 Å². The Morgan fingerprint density at radius 2 is 2.05 bits per heavy atom. The molecule has 0 radical (unpaired) electrons. The zero-order valence-electron chi connectivity index (χ0n) is 10.2. The van der Waals surface area contributed by atoms with E-state index in [2.05, 4.69) is 10.3 Å². The number of alkyl halides is 1. The highest BCUT2D eigenvalue weighted by Crippen LogP contribution is 2.37. The van der Waals surface area contributed by atoms with Gasteiger partial charge in [-0.25, -0.2) is 9.37 Å². The van der Waals surface area contributed by atoms with Gasteiger partial charge in [-0.05, 0) is 24.0 Å². The molecule has 19 heavy (non-hydrogen) atoms. The first-order valence-corrected chi connectivity index (χ1v) is 6.88. The number of nitrogens with one attached hydrogen (secondary N) is 1. The van der Waals surface area contributed by atoms with Crippen LogP contribution in [0.3, 0.4) is 0 Å². The SMILES string of the molecule is OC(Nc1nc(CF)sc1-c1ccccc1)=C1CC1. The van der Waals surface area contributed by atoms with Crippen LogP contribution in [-0.4, -0.2) is 10.1 Å². The third-order valence-corrected chi connectivity index (χ3v) is 3.96. The maximum atomic E-state index is 12.8. The van der Waals surface area contributed by atoms with Crippen LogP contribution in [0.2, 0.25) is 0 Å². The zero-order valence-corrected chi connectivity index (χ0v) is 11.0. The number of aliphatic hydroxyl groups is 1. The Morgan fingerprint density at radius 3 is 2.68 bits per heavy atom. The lowest BCUT2D eigenvalue weighted by Gasteiger charge is -2.04. The molecule has 0 unspecified atom stereocenters. The smallest absolute Gasteiger partial charge is 0.188 e. The predicted octanol–water partition coefficient (Wildman–Crippen LogP) is 4.25. The summed E-state index contributed by atoms with van der Waals surface area (Å²) in [5.41, 5.74) is 1.96. The Balaban J connectivity index is 1.98. The van der Waals surface area contributed by atoms with Gasteiger partial charge in [-0.2, -0.15) is 0 Å². The number of aliphatic hydroxyl groups excluding tert-OH is 1. The largest absolute Gasteiger partial charge is 0.495 e. The summed E-state index contributed by atoms with van der Waals surface area (Å²) in [5.74, 6) is 0.689. The van der Waals surface area contributed by atoms with Crippen molar-refractivity contribution < 1.29 is 9.50 Å². The number of hydrogen-bond donors (Lipinski definition) is 2. The van der Waals surface area contributed by atoms with Crippen molar-refractivity contribution in [2.45, 2.75) is 19.5 Å². The molecule has 0 amide bonds. The molecule has 0 bridgehead atoms. The molecule has 3 nitrogen and oxygen atoms in total. The fourth-order valence-electron chi connectivity index (χ4n) is 1.79. The van der Waals surface area contributed by atoms with Crippen molar-refractivity contribution in [1.82, 2.24) is 4.98 Å². The first kappa shape index (κ1) is 12.2. The van der Waals surface area contributed by atoms with E-state index >= 15 is 0 Å². The maximum absolute atomic E-state index is 12.8. The average Bonchev–Trinajstić information content (AvgIpc) is 3.22. The van der Waals surface area contributed by atoms with Crippen molar-refractivity contribution in [1.29, 1.82) is 0 Å². The third kappa shape index (κ3) is 2.61. The second-order valence-corrected chi connectivity index (χ2v) is 5.45. The van der Waals surface area contributed by atoms with Gasteiger partial charge in [0.05, 0.1) is 4.88 Å². The van der Waals surface area contributed by atoms with E-state index in [-0.39, 0.29) is 5.88 Å². The number of thiazole rings is 1. The highest BCUT2D eigenvalue weighted by atomic mass is 32.1. The third-order valence-electron chi connectivity index (χ3n) is 2.89. The molecule has 1 aliphatic rings. The van der Waals surface area contributed by atoms with Crippen molar-refractivity contribution in [3.05, 3.63) is 46.8 Å². The standard InChI is InChI=1S/C14H13FN2OS/c15-8-11-16-13(17-14(18)10-6-7-10)12(19-11)9-4-2-1-3-5-9/h1-5,17-18H,6-8H2. The number of halogens is 1. The van der Waals surface area contributed by atoms with Crippen molar-refractivity contribution >= 4 is 17.2 Å². The molecule has 3 rings (SSSR count). The average molecular weight is 276 g/mol. The van der Waals surface area contributed by atoms with Gasteiger partial charge in [-0.15, -0.1) is 11.3 Å². The number of allylic oxidation sites excluding steroid dienone is 1. The molecule has 1 saturated carbocycles. The fraction of sp³-hybridized carbons (Fsp3) is 0.214. The quantitative estimate of drug-likeness (QED) is 0.820. The molecule has 1 heterocycles. The monoisotopic (exact) mass is 276 g/mol. The molecule has 1 aliphatic carbocycles. The summed E-state index contributed by atoms with van der Waals surface area (Å²) >= 11 is 1.30. The van der Waals surface area contributed by atoms with Crippen LogP contribution < -0.4 is 5.32 Å². The zero-order chi connectivity index (χ0) is 13.2. The fourth-order valence-corrected chi connectivity index (χ4v) is 2.67. The molecule has 1 aromatic heterocycles. The predicted molar refractivity (Wildman–Crippen MR) is 74.9 cm³/mol. The normalized spacial score (nSPS) is 13.4. The van der Waals surface area contributed by atoms with E-state index in [4.69, 9.17) is 0 Å². The van der Waals surface area contributed by atoms with Gasteiger partial charge in [-0.1, -0.05) is 30.3 Å². The molecule has 2 N–H and O–H groups in total. The molecule has 0 saturated heterocycles. The van der Waals surface area contributed by atoms with Gasteiger partial charge in [0.15, 0.2) is 11.7 Å². The Hall–Kier alpha value is -1.88. The van der Waals surface area contributed by atoms with Crippen LogP contribution in [0.15, 0.2) is 41.8 Å².